The summed E-state index contributed by atoms with van der Waals surface area (Å²) in [5, 5.41) is 1.06. The first kappa shape index (κ1) is 17.9. The topological polar surface area (TPSA) is 82.1 Å². The highest BCUT2D eigenvalue weighted by atomic mass is 16.5. The van der Waals surface area contributed by atoms with E-state index in [0.717, 1.165) is 16.5 Å². The number of methoxy groups -OCH3 is 3. The number of ketones is 1. The lowest BCUT2D eigenvalue weighted by Gasteiger charge is -2.14. The number of hydrogen-bond donors (Lipinski definition) is 1. The molecule has 0 saturated carbocycles. The Morgan fingerprint density at radius 3 is 2.50 bits per heavy atom. The number of H-pyrrole nitrogens is 1. The number of carbonyl (C=O) groups is 1. The second kappa shape index (κ2) is 7.26. The van der Waals surface area contributed by atoms with Gasteiger partial charge in [-0.05, 0) is 36.4 Å². The molecule has 7 nitrogen and oxygen atoms in total. The van der Waals surface area contributed by atoms with E-state index in [-0.39, 0.29) is 12.4 Å². The van der Waals surface area contributed by atoms with Gasteiger partial charge >= 0.3 is 0 Å². The molecule has 1 atom stereocenters. The number of rotatable bonds is 6. The number of nitrogens with zero attached hydrogens (tertiary/aromatic N) is 1. The first-order valence-electron chi connectivity index (χ1n) is 8.77. The van der Waals surface area contributed by atoms with Crippen LogP contribution in [0, 0.1) is 0 Å². The number of fused-ring (bicyclic) bond motifs is 1. The van der Waals surface area contributed by atoms with E-state index in [1.165, 1.54) is 21.3 Å². The minimum Gasteiger partial charge on any atom is -0.493 e. The largest absolute Gasteiger partial charge is 0.493 e. The summed E-state index contributed by atoms with van der Waals surface area (Å²) in [7, 11) is 4.54. The van der Waals surface area contributed by atoms with Crippen LogP contribution in [0.3, 0.4) is 0 Å². The molecule has 0 spiro atoms. The molecule has 144 valence electrons. The van der Waals surface area contributed by atoms with Crippen molar-refractivity contribution in [3.05, 3.63) is 53.7 Å². The fraction of sp³-hybridized carbons (Fsp3) is 0.238. The summed E-state index contributed by atoms with van der Waals surface area (Å²) < 4.78 is 21.7. The Hall–Kier alpha value is -3.48. The molecule has 2 aromatic carbocycles. The van der Waals surface area contributed by atoms with E-state index in [1.807, 2.05) is 30.5 Å². The van der Waals surface area contributed by atoms with Crippen LogP contribution in [-0.4, -0.2) is 50.6 Å². The summed E-state index contributed by atoms with van der Waals surface area (Å²) in [5.41, 5.74) is 2.30. The highest BCUT2D eigenvalue weighted by Gasteiger charge is 2.29. The van der Waals surface area contributed by atoms with Gasteiger partial charge in [-0.25, -0.2) is 4.99 Å². The third-order valence-corrected chi connectivity index (χ3v) is 4.70. The Bertz CT molecular complexity index is 1040. The van der Waals surface area contributed by atoms with Crippen LogP contribution in [0.5, 0.6) is 17.2 Å². The van der Waals surface area contributed by atoms with Gasteiger partial charge in [0.25, 0.3) is 0 Å². The van der Waals surface area contributed by atoms with Crippen molar-refractivity contribution in [3.8, 4) is 17.2 Å². The zero-order valence-electron chi connectivity index (χ0n) is 15.8. The number of hydrogen-bond acceptors (Lipinski definition) is 6. The molecule has 2 heterocycles. The van der Waals surface area contributed by atoms with Crippen molar-refractivity contribution >= 4 is 22.6 Å². The SMILES string of the molecule is COc1cc(C(=O)C2COC(c3ccc4[nH]ccc4c3)=N2)cc(OC)c1OC. The maximum absolute atomic E-state index is 13.0. The highest BCUT2D eigenvalue weighted by molar-refractivity contribution is 6.06. The van der Waals surface area contributed by atoms with Crippen LogP contribution in [0.4, 0.5) is 0 Å². The Morgan fingerprint density at radius 2 is 1.82 bits per heavy atom. The molecule has 4 rings (SSSR count). The zero-order valence-corrected chi connectivity index (χ0v) is 15.8. The van der Waals surface area contributed by atoms with Crippen LogP contribution < -0.4 is 14.2 Å². The molecule has 0 saturated heterocycles. The van der Waals surface area contributed by atoms with E-state index in [2.05, 4.69) is 9.98 Å². The van der Waals surface area contributed by atoms with E-state index in [1.54, 1.807) is 12.1 Å². The second-order valence-electron chi connectivity index (χ2n) is 6.32. The lowest BCUT2D eigenvalue weighted by molar-refractivity contribution is 0.0947. The van der Waals surface area contributed by atoms with Gasteiger partial charge in [-0.3, -0.25) is 4.79 Å². The first-order valence-corrected chi connectivity index (χ1v) is 8.77. The van der Waals surface area contributed by atoms with Crippen LogP contribution in [0.25, 0.3) is 10.9 Å². The van der Waals surface area contributed by atoms with Crippen LogP contribution in [-0.2, 0) is 4.74 Å². The molecule has 28 heavy (non-hydrogen) atoms. The number of Topliss-reactive ketones (excluding diaryl/α,β-unsaturated/α-hetero) is 1. The maximum atomic E-state index is 13.0. The van der Waals surface area contributed by atoms with Crippen molar-refractivity contribution in [1.82, 2.24) is 4.98 Å². The van der Waals surface area contributed by atoms with Crippen LogP contribution >= 0.6 is 0 Å². The van der Waals surface area contributed by atoms with Crippen LogP contribution in [0.15, 0.2) is 47.6 Å². The van der Waals surface area contributed by atoms with Crippen molar-refractivity contribution in [3.63, 3.8) is 0 Å². The summed E-state index contributed by atoms with van der Waals surface area (Å²) in [6.45, 7) is 0.190. The molecule has 0 amide bonds. The Kier molecular flexibility index (Phi) is 4.65. The molecule has 7 heteroatoms. The molecular formula is C21H20N2O5. The molecule has 0 radical (unpaired) electrons. The molecule has 0 bridgehead atoms. The molecule has 0 fully saturated rings. The van der Waals surface area contributed by atoms with Crippen molar-refractivity contribution < 1.29 is 23.7 Å². The quantitative estimate of drug-likeness (QED) is 0.664. The van der Waals surface area contributed by atoms with E-state index in [4.69, 9.17) is 18.9 Å². The van der Waals surface area contributed by atoms with E-state index >= 15 is 0 Å². The maximum Gasteiger partial charge on any atom is 0.217 e. The highest BCUT2D eigenvalue weighted by Crippen LogP contribution is 2.38. The Morgan fingerprint density at radius 1 is 1.07 bits per heavy atom. The number of benzene rings is 2. The first-order chi connectivity index (χ1) is 13.6. The minimum atomic E-state index is -0.625. The number of ether oxygens (including phenoxy) is 4. The molecule has 1 aromatic heterocycles. The lowest BCUT2D eigenvalue weighted by atomic mass is 10.0. The number of carbonyl (C=O) groups excluding carboxylic acids is 1. The van der Waals surface area contributed by atoms with E-state index < -0.39 is 6.04 Å². The fourth-order valence-electron chi connectivity index (χ4n) is 3.27. The zero-order chi connectivity index (χ0) is 19.7. The van der Waals surface area contributed by atoms with Crippen molar-refractivity contribution in [1.29, 1.82) is 0 Å². The third kappa shape index (κ3) is 3.05. The van der Waals surface area contributed by atoms with Gasteiger partial charge < -0.3 is 23.9 Å². The van der Waals surface area contributed by atoms with Crippen molar-refractivity contribution in [2.45, 2.75) is 6.04 Å². The van der Waals surface area contributed by atoms with Gasteiger partial charge in [0.2, 0.25) is 11.6 Å². The standard InChI is InChI=1S/C21H20N2O5/c1-25-17-9-14(10-18(26-2)20(17)27-3)19(24)16-11-28-21(23-16)13-4-5-15-12(8-13)6-7-22-15/h4-10,16,22H,11H2,1-3H3. The van der Waals surface area contributed by atoms with Gasteiger partial charge in [0.05, 0.1) is 21.3 Å². The van der Waals surface area contributed by atoms with Crippen molar-refractivity contribution in [2.75, 3.05) is 27.9 Å². The summed E-state index contributed by atoms with van der Waals surface area (Å²) in [5.74, 6) is 1.58. The van der Waals surface area contributed by atoms with Gasteiger partial charge in [0.15, 0.2) is 23.3 Å². The number of nitrogens with one attached hydrogen (secondary N) is 1. The molecule has 0 aliphatic carbocycles. The number of aromatic nitrogens is 1. The van der Waals surface area contributed by atoms with Gasteiger partial charge in [-0.1, -0.05) is 0 Å². The summed E-state index contributed by atoms with van der Waals surface area (Å²) >= 11 is 0. The number of aromatic amines is 1. The Balaban J connectivity index is 1.63. The van der Waals surface area contributed by atoms with E-state index in [9.17, 15) is 4.79 Å². The van der Waals surface area contributed by atoms with Crippen LogP contribution in [0.2, 0.25) is 0 Å². The van der Waals surface area contributed by atoms with E-state index in [0.29, 0.717) is 28.7 Å². The monoisotopic (exact) mass is 380 g/mol. The predicted molar refractivity (Wildman–Crippen MR) is 105 cm³/mol. The molecule has 1 unspecified atom stereocenters. The average Bonchev–Trinajstić information content (AvgIpc) is 3.40. The molecular weight excluding hydrogens is 360 g/mol. The summed E-state index contributed by atoms with van der Waals surface area (Å²) in [6.07, 6.45) is 1.88. The smallest absolute Gasteiger partial charge is 0.217 e. The normalized spacial score (nSPS) is 15.8. The van der Waals surface area contributed by atoms with Gasteiger partial charge in [0.1, 0.15) is 6.61 Å². The van der Waals surface area contributed by atoms with Gasteiger partial charge in [-0.2, -0.15) is 0 Å². The summed E-state index contributed by atoms with van der Waals surface area (Å²) in [6, 6.07) is 10.5. The molecule has 1 aliphatic heterocycles. The minimum absolute atomic E-state index is 0.169. The second-order valence-corrected chi connectivity index (χ2v) is 6.32. The molecule has 1 N–H and O–H groups in total. The van der Waals surface area contributed by atoms with Crippen LogP contribution in [0.1, 0.15) is 15.9 Å². The molecule has 1 aliphatic rings. The van der Waals surface area contributed by atoms with Gasteiger partial charge in [-0.15, -0.1) is 0 Å². The molecule has 3 aromatic rings. The fourth-order valence-corrected chi connectivity index (χ4v) is 3.27. The predicted octanol–water partition coefficient (Wildman–Crippen LogP) is 3.22. The summed E-state index contributed by atoms with van der Waals surface area (Å²) in [4.78, 5) is 20.6. The van der Waals surface area contributed by atoms with Crippen molar-refractivity contribution in [2.24, 2.45) is 4.99 Å². The Labute approximate surface area is 161 Å². The van der Waals surface area contributed by atoms with Gasteiger partial charge in [0, 0.05) is 28.2 Å². The lowest BCUT2D eigenvalue weighted by Crippen LogP contribution is -2.20. The number of aliphatic imine (C=N–C) groups is 1. The average molecular weight is 380 g/mol. The third-order valence-electron chi connectivity index (χ3n) is 4.70.